The van der Waals surface area contributed by atoms with Gasteiger partial charge in [-0.25, -0.2) is 4.98 Å². The van der Waals surface area contributed by atoms with Crippen molar-refractivity contribution in [2.75, 3.05) is 0 Å². The SMILES string of the molecule is CCc1csc(Oc2ccc(Br)c(C)c2)n1. The summed E-state index contributed by atoms with van der Waals surface area (Å²) in [6.45, 7) is 4.12. The van der Waals surface area contributed by atoms with E-state index >= 15 is 0 Å². The van der Waals surface area contributed by atoms with Crippen molar-refractivity contribution in [3.63, 3.8) is 0 Å². The molecule has 0 bridgehead atoms. The number of rotatable bonds is 3. The van der Waals surface area contributed by atoms with Gasteiger partial charge in [0.05, 0.1) is 5.69 Å². The van der Waals surface area contributed by atoms with Crippen molar-refractivity contribution in [3.8, 4) is 10.9 Å². The van der Waals surface area contributed by atoms with Crippen LogP contribution >= 0.6 is 27.3 Å². The molecule has 0 fully saturated rings. The average Bonchev–Trinajstić information content (AvgIpc) is 2.71. The fraction of sp³-hybridized carbons (Fsp3) is 0.250. The van der Waals surface area contributed by atoms with Gasteiger partial charge in [0.25, 0.3) is 5.19 Å². The molecule has 0 saturated carbocycles. The Bertz CT molecular complexity index is 496. The lowest BCUT2D eigenvalue weighted by Gasteiger charge is -2.03. The van der Waals surface area contributed by atoms with Crippen LogP contribution in [0.15, 0.2) is 28.1 Å². The first-order valence-corrected chi connectivity index (χ1v) is 6.74. The smallest absolute Gasteiger partial charge is 0.278 e. The fourth-order valence-electron chi connectivity index (χ4n) is 1.28. The summed E-state index contributed by atoms with van der Waals surface area (Å²) < 4.78 is 6.77. The van der Waals surface area contributed by atoms with E-state index in [4.69, 9.17) is 4.74 Å². The number of ether oxygens (including phenoxy) is 1. The molecule has 0 radical (unpaired) electrons. The van der Waals surface area contributed by atoms with Crippen LogP contribution < -0.4 is 4.74 Å². The van der Waals surface area contributed by atoms with Crippen molar-refractivity contribution in [1.82, 2.24) is 4.98 Å². The van der Waals surface area contributed by atoms with Crippen LogP contribution in [-0.2, 0) is 6.42 Å². The van der Waals surface area contributed by atoms with Gasteiger partial charge >= 0.3 is 0 Å². The minimum atomic E-state index is 0.707. The number of benzene rings is 1. The van der Waals surface area contributed by atoms with Crippen LogP contribution in [0.5, 0.6) is 10.9 Å². The molecule has 16 heavy (non-hydrogen) atoms. The van der Waals surface area contributed by atoms with Gasteiger partial charge < -0.3 is 4.74 Å². The second-order valence-electron chi connectivity index (χ2n) is 3.47. The number of halogens is 1. The predicted molar refractivity (Wildman–Crippen MR) is 70.4 cm³/mol. The van der Waals surface area contributed by atoms with E-state index in [1.165, 1.54) is 11.3 Å². The van der Waals surface area contributed by atoms with E-state index < -0.39 is 0 Å². The molecule has 0 aliphatic rings. The molecule has 0 unspecified atom stereocenters. The van der Waals surface area contributed by atoms with Crippen LogP contribution in [-0.4, -0.2) is 4.98 Å². The van der Waals surface area contributed by atoms with E-state index in [1.54, 1.807) is 0 Å². The monoisotopic (exact) mass is 297 g/mol. The summed E-state index contributed by atoms with van der Waals surface area (Å²) in [4.78, 5) is 4.36. The van der Waals surface area contributed by atoms with Crippen LogP contribution in [0, 0.1) is 6.92 Å². The molecule has 0 atom stereocenters. The van der Waals surface area contributed by atoms with Crippen LogP contribution in [0.3, 0.4) is 0 Å². The topological polar surface area (TPSA) is 22.1 Å². The van der Waals surface area contributed by atoms with Crippen LogP contribution in [0.2, 0.25) is 0 Å². The number of hydrogen-bond acceptors (Lipinski definition) is 3. The van der Waals surface area contributed by atoms with Crippen LogP contribution in [0.25, 0.3) is 0 Å². The van der Waals surface area contributed by atoms with Gasteiger partial charge in [-0.15, -0.1) is 0 Å². The lowest BCUT2D eigenvalue weighted by Crippen LogP contribution is -1.86. The fourth-order valence-corrected chi connectivity index (χ4v) is 2.30. The number of aryl methyl sites for hydroxylation is 2. The highest BCUT2D eigenvalue weighted by Crippen LogP contribution is 2.28. The second kappa shape index (κ2) is 4.97. The standard InChI is InChI=1S/C12H12BrNOS/c1-3-9-7-16-12(14-9)15-10-4-5-11(13)8(2)6-10/h4-7H,3H2,1-2H3. The Morgan fingerprint density at radius 2 is 2.25 bits per heavy atom. The molecule has 2 rings (SSSR count). The average molecular weight is 298 g/mol. The zero-order valence-corrected chi connectivity index (χ0v) is 11.6. The molecular weight excluding hydrogens is 286 g/mol. The predicted octanol–water partition coefficient (Wildman–Crippen LogP) is 4.57. The van der Waals surface area contributed by atoms with E-state index in [2.05, 4.69) is 27.8 Å². The Morgan fingerprint density at radius 3 is 2.88 bits per heavy atom. The molecule has 0 N–H and O–H groups in total. The first-order valence-electron chi connectivity index (χ1n) is 5.07. The lowest BCUT2D eigenvalue weighted by molar-refractivity contribution is 0.477. The Hall–Kier alpha value is -0.870. The van der Waals surface area contributed by atoms with E-state index in [0.29, 0.717) is 5.19 Å². The molecule has 0 amide bonds. The minimum absolute atomic E-state index is 0.707. The maximum absolute atomic E-state index is 5.68. The highest BCUT2D eigenvalue weighted by molar-refractivity contribution is 9.10. The van der Waals surface area contributed by atoms with Crippen molar-refractivity contribution in [3.05, 3.63) is 39.3 Å². The van der Waals surface area contributed by atoms with E-state index in [0.717, 1.165) is 27.9 Å². The van der Waals surface area contributed by atoms with Gasteiger partial charge in [0.2, 0.25) is 0 Å². The van der Waals surface area contributed by atoms with Crippen molar-refractivity contribution in [1.29, 1.82) is 0 Å². The molecule has 1 aromatic carbocycles. The summed E-state index contributed by atoms with van der Waals surface area (Å²) in [5.74, 6) is 0.831. The molecule has 2 aromatic rings. The molecule has 1 heterocycles. The number of hydrogen-bond donors (Lipinski definition) is 0. The molecule has 84 valence electrons. The van der Waals surface area contributed by atoms with Crippen molar-refractivity contribution >= 4 is 27.3 Å². The third kappa shape index (κ3) is 2.62. The summed E-state index contributed by atoms with van der Waals surface area (Å²) in [7, 11) is 0. The first-order chi connectivity index (χ1) is 7.69. The molecule has 4 heteroatoms. The number of nitrogens with zero attached hydrogens (tertiary/aromatic N) is 1. The highest BCUT2D eigenvalue weighted by atomic mass is 79.9. The van der Waals surface area contributed by atoms with Crippen LogP contribution in [0.1, 0.15) is 18.2 Å². The summed E-state index contributed by atoms with van der Waals surface area (Å²) in [5, 5.41) is 2.74. The molecule has 2 nitrogen and oxygen atoms in total. The molecule has 0 aliphatic carbocycles. The van der Waals surface area contributed by atoms with E-state index in [9.17, 15) is 0 Å². The summed E-state index contributed by atoms with van der Waals surface area (Å²) >= 11 is 5.00. The first kappa shape index (κ1) is 11.6. The van der Waals surface area contributed by atoms with E-state index in [1.807, 2.05) is 30.5 Å². The molecule has 0 saturated heterocycles. The zero-order valence-electron chi connectivity index (χ0n) is 9.16. The summed E-state index contributed by atoms with van der Waals surface area (Å²) in [5.41, 5.74) is 2.23. The van der Waals surface area contributed by atoms with Gasteiger partial charge in [-0.05, 0) is 37.1 Å². The molecule has 1 aromatic heterocycles. The van der Waals surface area contributed by atoms with Gasteiger partial charge in [0.1, 0.15) is 5.75 Å². The maximum atomic E-state index is 5.68. The second-order valence-corrected chi connectivity index (χ2v) is 5.15. The summed E-state index contributed by atoms with van der Waals surface area (Å²) in [6.07, 6.45) is 0.944. The van der Waals surface area contributed by atoms with Crippen molar-refractivity contribution in [2.45, 2.75) is 20.3 Å². The largest absolute Gasteiger partial charge is 0.431 e. The van der Waals surface area contributed by atoms with Gasteiger partial charge in [0, 0.05) is 9.85 Å². The highest BCUT2D eigenvalue weighted by Gasteiger charge is 2.04. The quantitative estimate of drug-likeness (QED) is 0.828. The third-order valence-electron chi connectivity index (χ3n) is 2.23. The summed E-state index contributed by atoms with van der Waals surface area (Å²) in [6, 6.07) is 5.92. The lowest BCUT2D eigenvalue weighted by atomic mass is 10.2. The maximum Gasteiger partial charge on any atom is 0.278 e. The Kier molecular flexibility index (Phi) is 3.61. The van der Waals surface area contributed by atoms with Crippen LogP contribution in [0.4, 0.5) is 0 Å². The van der Waals surface area contributed by atoms with Gasteiger partial charge in [-0.3, -0.25) is 0 Å². The van der Waals surface area contributed by atoms with Crippen molar-refractivity contribution in [2.24, 2.45) is 0 Å². The number of aromatic nitrogens is 1. The normalized spacial score (nSPS) is 10.4. The van der Waals surface area contributed by atoms with Crippen molar-refractivity contribution < 1.29 is 4.74 Å². The Labute approximate surface area is 107 Å². The zero-order chi connectivity index (χ0) is 11.5. The third-order valence-corrected chi connectivity index (χ3v) is 3.88. The Balaban J connectivity index is 2.17. The van der Waals surface area contributed by atoms with E-state index in [-0.39, 0.29) is 0 Å². The van der Waals surface area contributed by atoms with Gasteiger partial charge in [-0.2, -0.15) is 0 Å². The van der Waals surface area contributed by atoms with Gasteiger partial charge in [-0.1, -0.05) is 34.2 Å². The Morgan fingerprint density at radius 1 is 1.44 bits per heavy atom. The molecular formula is C12H12BrNOS. The van der Waals surface area contributed by atoms with Gasteiger partial charge in [0.15, 0.2) is 0 Å². The molecule has 0 spiro atoms. The number of thiazole rings is 1. The molecule has 0 aliphatic heterocycles. The minimum Gasteiger partial charge on any atom is -0.431 e.